The lowest BCUT2D eigenvalue weighted by atomic mass is 9.96. The van der Waals surface area contributed by atoms with E-state index < -0.39 is 19.8 Å². The number of benzene rings is 2. The van der Waals surface area contributed by atoms with Gasteiger partial charge < -0.3 is 50.0 Å². The Kier molecular flexibility index (Phi) is 19.8. The van der Waals surface area contributed by atoms with E-state index in [4.69, 9.17) is 20.2 Å². The maximum Gasteiger partial charge on any atom is 0.413 e. The van der Waals surface area contributed by atoms with Gasteiger partial charge in [0.05, 0.1) is 34.1 Å². The highest BCUT2D eigenvalue weighted by atomic mass is 28.3. The number of hydrogen-bond donors (Lipinski definition) is 4. The first-order valence-corrected chi connectivity index (χ1v) is 30.6. The molecule has 0 unspecified atom stereocenters. The molecule has 0 radical (unpaired) electrons. The zero-order valence-electron chi connectivity index (χ0n) is 46.9. The number of ether oxygens (including phenoxy) is 2. The van der Waals surface area contributed by atoms with E-state index in [2.05, 4.69) is 110 Å². The number of anilines is 6. The largest absolute Gasteiger partial charge is 0.444 e. The van der Waals surface area contributed by atoms with E-state index in [1.165, 1.54) is 0 Å². The number of pyridine rings is 2. The molecule has 5 aromatic rings. The van der Waals surface area contributed by atoms with E-state index >= 15 is 0 Å². The van der Waals surface area contributed by atoms with Crippen molar-refractivity contribution in [1.82, 2.24) is 29.3 Å². The smallest absolute Gasteiger partial charge is 0.413 e. The highest BCUT2D eigenvalue weighted by molar-refractivity contribution is 6.76. The van der Waals surface area contributed by atoms with Crippen LogP contribution in [-0.2, 0) is 21.0 Å². The SMILES string of the molecule is CN(C)CC1CCN(c2ccccc2NC(=O)C2=NC(c3ccnc(N)c3)=CC2)CC1.CN(C)CC1CCN(c2ccccc2NC(=O)c2nc(-c3ccnc(NC(=O)OC(C)(C)C)c3)cn2COCC[Si](C)(C)C)CC1. The fourth-order valence-electron chi connectivity index (χ4n) is 9.63. The van der Waals surface area contributed by atoms with Crippen molar-refractivity contribution in [3.8, 4) is 11.3 Å². The molecule has 18 nitrogen and oxygen atoms in total. The molecule has 3 amide bonds. The van der Waals surface area contributed by atoms with Crippen LogP contribution < -0.4 is 31.5 Å². The Hall–Kier alpha value is -6.93. The molecule has 2 fully saturated rings. The number of rotatable bonds is 18. The van der Waals surface area contributed by atoms with Gasteiger partial charge in [0.25, 0.3) is 11.8 Å². The summed E-state index contributed by atoms with van der Waals surface area (Å²) in [4.78, 5) is 66.0. The van der Waals surface area contributed by atoms with Crippen LogP contribution in [0.1, 0.15) is 69.1 Å². The number of piperidine rings is 2. The average Bonchev–Trinajstić information content (AvgIpc) is 4.05. The molecule has 8 rings (SSSR count). The number of carbonyl (C=O) groups excluding carboxylic acids is 3. The minimum Gasteiger partial charge on any atom is -0.444 e. The van der Waals surface area contributed by atoms with E-state index in [1.54, 1.807) is 62.1 Å². The quantitative estimate of drug-likeness (QED) is 0.0478. The molecule has 0 saturated carbocycles. The number of carbonyl (C=O) groups is 3. The molecule has 3 aliphatic rings. The topological polar surface area (TPSA) is 201 Å². The minimum atomic E-state index is -1.29. The van der Waals surface area contributed by atoms with E-state index in [9.17, 15) is 14.4 Å². The van der Waals surface area contributed by atoms with Crippen molar-refractivity contribution in [2.75, 3.05) is 106 Å². The van der Waals surface area contributed by atoms with Gasteiger partial charge >= 0.3 is 6.09 Å². The summed E-state index contributed by atoms with van der Waals surface area (Å²) in [6, 6.07) is 24.1. The van der Waals surface area contributed by atoms with Gasteiger partial charge in [0.15, 0.2) is 0 Å². The Morgan fingerprint density at radius 1 is 0.740 bits per heavy atom. The zero-order valence-corrected chi connectivity index (χ0v) is 47.9. The number of allylic oxidation sites excluding steroid dienone is 1. The van der Waals surface area contributed by atoms with Gasteiger partial charge in [0.2, 0.25) is 5.82 Å². The summed E-state index contributed by atoms with van der Waals surface area (Å²) in [7, 11) is 7.22. The molecule has 3 aromatic heterocycles. The summed E-state index contributed by atoms with van der Waals surface area (Å²) < 4.78 is 13.2. The van der Waals surface area contributed by atoms with Crippen molar-refractivity contribution in [2.24, 2.45) is 16.8 Å². The van der Waals surface area contributed by atoms with Gasteiger partial charge in [-0.05, 0) is 141 Å². The number of nitrogens with one attached hydrogen (secondary N) is 3. The average molecular weight is 1070 g/mol. The van der Waals surface area contributed by atoms with Crippen LogP contribution in [0.25, 0.3) is 17.0 Å². The van der Waals surface area contributed by atoms with Crippen LogP contribution in [0.2, 0.25) is 25.7 Å². The van der Waals surface area contributed by atoms with Gasteiger partial charge in [0, 0.05) is 90.1 Å². The lowest BCUT2D eigenvalue weighted by Crippen LogP contribution is -2.37. The van der Waals surface area contributed by atoms with Crippen molar-refractivity contribution >= 4 is 71.8 Å². The summed E-state index contributed by atoms with van der Waals surface area (Å²) in [6.07, 6.45) is 11.4. The maximum atomic E-state index is 13.9. The van der Waals surface area contributed by atoms with Gasteiger partial charge in [-0.15, -0.1) is 0 Å². The van der Waals surface area contributed by atoms with E-state index in [-0.39, 0.29) is 24.4 Å². The third kappa shape index (κ3) is 17.5. The van der Waals surface area contributed by atoms with E-state index in [1.807, 2.05) is 48.5 Å². The Labute approximate surface area is 456 Å². The second-order valence-electron chi connectivity index (χ2n) is 23.0. The lowest BCUT2D eigenvalue weighted by molar-refractivity contribution is -0.110. The first-order valence-electron chi connectivity index (χ1n) is 26.9. The summed E-state index contributed by atoms with van der Waals surface area (Å²) >= 11 is 0. The molecule has 0 bridgehead atoms. The van der Waals surface area contributed by atoms with Crippen LogP contribution in [0.3, 0.4) is 0 Å². The fourth-order valence-corrected chi connectivity index (χ4v) is 10.4. The van der Waals surface area contributed by atoms with E-state index in [0.717, 1.165) is 111 Å². The van der Waals surface area contributed by atoms with Crippen molar-refractivity contribution in [3.63, 3.8) is 0 Å². The number of hydrogen-bond acceptors (Lipinski definition) is 14. The predicted octanol–water partition coefficient (Wildman–Crippen LogP) is 9.90. The number of para-hydroxylation sites is 4. The van der Waals surface area contributed by atoms with E-state index in [0.29, 0.717) is 47.6 Å². The minimum absolute atomic E-state index is 0.164. The number of aromatic nitrogens is 4. The molecule has 2 saturated heterocycles. The van der Waals surface area contributed by atoms with Crippen LogP contribution in [0, 0.1) is 11.8 Å². The summed E-state index contributed by atoms with van der Waals surface area (Å²) in [6.45, 7) is 19.2. The molecule has 6 heterocycles. The first kappa shape index (κ1) is 57.8. The Bertz CT molecular complexity index is 2850. The van der Waals surface area contributed by atoms with Gasteiger partial charge in [-0.2, -0.15) is 0 Å². The number of nitrogens with zero attached hydrogens (tertiary/aromatic N) is 9. The molecular formula is C58H81N13O5Si. The molecule has 19 heteroatoms. The monoisotopic (exact) mass is 1070 g/mol. The van der Waals surface area contributed by atoms with Crippen molar-refractivity contribution < 1.29 is 23.9 Å². The predicted molar refractivity (Wildman–Crippen MR) is 315 cm³/mol. The highest BCUT2D eigenvalue weighted by Gasteiger charge is 2.27. The number of nitrogens with two attached hydrogens (primary N) is 1. The van der Waals surface area contributed by atoms with Gasteiger partial charge in [0.1, 0.15) is 29.7 Å². The number of imidazole rings is 1. The van der Waals surface area contributed by atoms with Crippen LogP contribution >= 0.6 is 0 Å². The lowest BCUT2D eigenvalue weighted by Gasteiger charge is -2.35. The van der Waals surface area contributed by atoms with Crippen LogP contribution in [0.5, 0.6) is 0 Å². The summed E-state index contributed by atoms with van der Waals surface area (Å²) in [5, 5.41) is 8.90. The van der Waals surface area contributed by atoms with Crippen molar-refractivity contribution in [2.45, 2.75) is 90.9 Å². The summed E-state index contributed by atoms with van der Waals surface area (Å²) in [5.74, 6) is 1.91. The molecule has 0 aliphatic carbocycles. The Morgan fingerprint density at radius 3 is 1.86 bits per heavy atom. The Balaban J connectivity index is 0.000000241. The third-order valence-electron chi connectivity index (χ3n) is 13.4. The zero-order chi connectivity index (χ0) is 55.3. The molecule has 2 aromatic carbocycles. The fraction of sp³-hybridized carbons (Fsp3) is 0.466. The highest BCUT2D eigenvalue weighted by Crippen LogP contribution is 2.33. The van der Waals surface area contributed by atoms with Crippen LogP contribution in [-0.4, -0.2) is 141 Å². The molecule has 3 aliphatic heterocycles. The molecule has 77 heavy (non-hydrogen) atoms. The number of aliphatic imine (C=N–C) groups is 1. The molecular weight excluding hydrogens is 987 g/mol. The first-order chi connectivity index (χ1) is 36.7. The second kappa shape index (κ2) is 26.4. The van der Waals surface area contributed by atoms with Crippen LogP contribution in [0.15, 0.2) is 102 Å². The molecule has 412 valence electrons. The van der Waals surface area contributed by atoms with Gasteiger partial charge in [-0.25, -0.2) is 24.7 Å². The van der Waals surface area contributed by atoms with Crippen molar-refractivity contribution in [3.05, 3.63) is 109 Å². The molecule has 0 atom stereocenters. The standard InChI is InChI=1S/C34H51N7O4Si.C24H30N6O/c1-34(2,3)45-33(43)38-30-21-26(13-16-35-30)28-23-41(24-44-19-20-46(6,7)8)31(36-28)32(42)37-27-11-9-10-12-29(27)40-17-14-25(15-18-40)22-39(4)5;1-29(2)16-17-10-13-30(14-11-17)22-6-4-3-5-20(22)28-24(31)21-8-7-19(27-21)18-9-12-26-23(25)15-18/h9-13,16,21,23,25H,14-15,17-20,22,24H2,1-8H3,(H,37,42)(H,35,38,43);3-7,9,12,15,17H,8,10-11,13-14,16H2,1-2H3,(H2,25,26)(H,28,31). The van der Waals surface area contributed by atoms with Crippen molar-refractivity contribution in [1.29, 1.82) is 0 Å². The number of amides is 3. The normalized spacial score (nSPS) is 15.4. The van der Waals surface area contributed by atoms with Gasteiger partial charge in [-0.3, -0.25) is 14.9 Å². The Morgan fingerprint density at radius 2 is 1.30 bits per heavy atom. The molecule has 5 N–H and O–H groups in total. The van der Waals surface area contributed by atoms with Crippen LogP contribution in [0.4, 0.5) is 39.2 Å². The summed E-state index contributed by atoms with van der Waals surface area (Å²) in [5.41, 5.74) is 12.2. The molecule has 0 spiro atoms. The maximum absolute atomic E-state index is 13.9. The third-order valence-corrected chi connectivity index (χ3v) is 15.1. The number of nitrogen functional groups attached to an aromatic ring is 1. The van der Waals surface area contributed by atoms with Gasteiger partial charge in [-0.1, -0.05) is 50.0 Å². The second-order valence-corrected chi connectivity index (χ2v) is 28.6.